The van der Waals surface area contributed by atoms with Gasteiger partial charge in [0, 0.05) is 13.0 Å². The van der Waals surface area contributed by atoms with Gasteiger partial charge in [0.1, 0.15) is 6.61 Å². The second kappa shape index (κ2) is 6.60. The molecule has 0 saturated carbocycles. The van der Waals surface area contributed by atoms with E-state index in [-0.39, 0.29) is 19.4 Å². The lowest BCUT2D eigenvalue weighted by molar-refractivity contribution is -0.166. The van der Waals surface area contributed by atoms with Gasteiger partial charge < -0.3 is 9.47 Å². The van der Waals surface area contributed by atoms with Crippen LogP contribution in [0.15, 0.2) is 0 Å². The molecule has 15 heavy (non-hydrogen) atoms. The van der Waals surface area contributed by atoms with Crippen molar-refractivity contribution >= 4 is 5.97 Å². The summed E-state index contributed by atoms with van der Waals surface area (Å²) in [4.78, 5) is 10.5. The molecule has 0 aromatic carbocycles. The van der Waals surface area contributed by atoms with E-state index in [0.717, 1.165) is 0 Å². The number of alkyl halides is 4. The van der Waals surface area contributed by atoms with Crippen molar-refractivity contribution in [3.63, 3.8) is 0 Å². The monoisotopic (exact) mass is 232 g/mol. The number of halogens is 4. The standard InChI is InChI=1S/C8H12F4O3/c1-14-6(13)3-2-4-15-5-8(11,12)7(9)10/h7H,2-5H2,1H3. The quantitative estimate of drug-likeness (QED) is 0.382. The Morgan fingerprint density at radius 1 is 1.40 bits per heavy atom. The number of rotatable bonds is 7. The van der Waals surface area contributed by atoms with Gasteiger partial charge in [-0.3, -0.25) is 4.79 Å². The lowest BCUT2D eigenvalue weighted by atomic mass is 10.3. The topological polar surface area (TPSA) is 35.5 Å². The van der Waals surface area contributed by atoms with E-state index >= 15 is 0 Å². The maximum absolute atomic E-state index is 12.2. The third kappa shape index (κ3) is 6.27. The Morgan fingerprint density at radius 2 is 2.00 bits per heavy atom. The Morgan fingerprint density at radius 3 is 2.47 bits per heavy atom. The molecule has 0 aliphatic carbocycles. The number of hydrogen-bond acceptors (Lipinski definition) is 3. The molecular weight excluding hydrogens is 220 g/mol. The van der Waals surface area contributed by atoms with Gasteiger partial charge in [0.2, 0.25) is 0 Å². The first kappa shape index (κ1) is 14.2. The van der Waals surface area contributed by atoms with E-state index in [1.54, 1.807) is 0 Å². The third-order valence-electron chi connectivity index (χ3n) is 1.51. The highest BCUT2D eigenvalue weighted by molar-refractivity contribution is 5.68. The summed E-state index contributed by atoms with van der Waals surface area (Å²) in [5.74, 6) is -4.63. The molecule has 0 radical (unpaired) electrons. The molecule has 0 rings (SSSR count). The Balaban J connectivity index is 3.50. The van der Waals surface area contributed by atoms with E-state index in [9.17, 15) is 22.4 Å². The SMILES string of the molecule is COC(=O)CCCOCC(F)(F)C(F)F. The van der Waals surface area contributed by atoms with E-state index in [2.05, 4.69) is 9.47 Å². The van der Waals surface area contributed by atoms with Crippen molar-refractivity contribution in [3.05, 3.63) is 0 Å². The van der Waals surface area contributed by atoms with Gasteiger partial charge >= 0.3 is 18.3 Å². The van der Waals surface area contributed by atoms with Crippen LogP contribution in [0.2, 0.25) is 0 Å². The minimum absolute atomic E-state index is 0.0107. The Kier molecular flexibility index (Phi) is 6.23. The van der Waals surface area contributed by atoms with Crippen molar-refractivity contribution in [2.24, 2.45) is 0 Å². The number of esters is 1. The van der Waals surface area contributed by atoms with Crippen LogP contribution < -0.4 is 0 Å². The summed E-state index contributed by atoms with van der Waals surface area (Å²) < 4.78 is 56.3. The van der Waals surface area contributed by atoms with Crippen LogP contribution >= 0.6 is 0 Å². The second-order valence-electron chi connectivity index (χ2n) is 2.79. The van der Waals surface area contributed by atoms with Crippen LogP contribution in [-0.4, -0.2) is 38.6 Å². The summed E-state index contributed by atoms with van der Waals surface area (Å²) in [7, 11) is 1.19. The fourth-order valence-electron chi connectivity index (χ4n) is 0.692. The summed E-state index contributed by atoms with van der Waals surface area (Å²) >= 11 is 0. The summed E-state index contributed by atoms with van der Waals surface area (Å²) in [5, 5.41) is 0. The summed E-state index contributed by atoms with van der Waals surface area (Å²) in [6.07, 6.45) is -3.57. The van der Waals surface area contributed by atoms with Gasteiger partial charge in [-0.2, -0.15) is 8.78 Å². The van der Waals surface area contributed by atoms with Crippen LogP contribution in [-0.2, 0) is 14.3 Å². The number of methoxy groups -OCH3 is 1. The molecule has 0 unspecified atom stereocenters. The Bertz CT molecular complexity index is 196. The molecule has 0 spiro atoms. The van der Waals surface area contributed by atoms with E-state index in [1.165, 1.54) is 7.11 Å². The maximum atomic E-state index is 12.2. The molecule has 0 aliphatic rings. The first-order valence-electron chi connectivity index (χ1n) is 4.20. The predicted molar refractivity (Wildman–Crippen MR) is 43.0 cm³/mol. The van der Waals surface area contributed by atoms with Crippen molar-refractivity contribution < 1.29 is 31.8 Å². The zero-order valence-corrected chi connectivity index (χ0v) is 8.14. The molecular formula is C8H12F4O3. The van der Waals surface area contributed by atoms with Crippen LogP contribution in [0.5, 0.6) is 0 Å². The highest BCUT2D eigenvalue weighted by Crippen LogP contribution is 2.22. The van der Waals surface area contributed by atoms with E-state index in [4.69, 9.17) is 0 Å². The van der Waals surface area contributed by atoms with Gasteiger partial charge in [-0.05, 0) is 6.42 Å². The zero-order valence-electron chi connectivity index (χ0n) is 8.14. The lowest BCUT2D eigenvalue weighted by Crippen LogP contribution is -2.32. The van der Waals surface area contributed by atoms with Crippen molar-refractivity contribution in [3.8, 4) is 0 Å². The zero-order chi connectivity index (χ0) is 11.9. The lowest BCUT2D eigenvalue weighted by Gasteiger charge is -2.14. The van der Waals surface area contributed by atoms with Crippen LogP contribution in [0.4, 0.5) is 17.6 Å². The number of carbonyl (C=O) groups is 1. The molecule has 0 fully saturated rings. The van der Waals surface area contributed by atoms with Crippen LogP contribution in [0.1, 0.15) is 12.8 Å². The van der Waals surface area contributed by atoms with Crippen molar-refractivity contribution in [2.75, 3.05) is 20.3 Å². The van der Waals surface area contributed by atoms with Crippen LogP contribution in [0.3, 0.4) is 0 Å². The highest BCUT2D eigenvalue weighted by Gasteiger charge is 2.40. The number of hydrogen-bond donors (Lipinski definition) is 0. The second-order valence-corrected chi connectivity index (χ2v) is 2.79. The molecule has 0 aromatic rings. The average molecular weight is 232 g/mol. The van der Waals surface area contributed by atoms with Gasteiger partial charge in [-0.25, -0.2) is 8.78 Å². The molecule has 0 amide bonds. The summed E-state index contributed by atoms with van der Waals surface area (Å²) in [6.45, 7) is -1.52. The first-order valence-corrected chi connectivity index (χ1v) is 4.20. The normalized spacial score (nSPS) is 11.9. The van der Waals surface area contributed by atoms with Crippen molar-refractivity contribution in [1.82, 2.24) is 0 Å². The largest absolute Gasteiger partial charge is 0.469 e. The Labute approximate surface area is 84.3 Å². The number of ether oxygens (including phenoxy) is 2. The van der Waals surface area contributed by atoms with Crippen molar-refractivity contribution in [2.45, 2.75) is 25.2 Å². The van der Waals surface area contributed by atoms with E-state index in [1.807, 2.05) is 0 Å². The van der Waals surface area contributed by atoms with Gasteiger partial charge in [-0.15, -0.1) is 0 Å². The fourth-order valence-corrected chi connectivity index (χ4v) is 0.692. The molecule has 0 aliphatic heterocycles. The number of carbonyl (C=O) groups excluding carboxylic acids is 1. The molecule has 0 saturated heterocycles. The molecule has 3 nitrogen and oxygen atoms in total. The highest BCUT2D eigenvalue weighted by atomic mass is 19.3. The Hall–Kier alpha value is -0.850. The smallest absolute Gasteiger partial charge is 0.330 e. The van der Waals surface area contributed by atoms with Crippen molar-refractivity contribution in [1.29, 1.82) is 0 Å². The minimum Gasteiger partial charge on any atom is -0.469 e. The molecule has 90 valence electrons. The van der Waals surface area contributed by atoms with Gasteiger partial charge in [-0.1, -0.05) is 0 Å². The third-order valence-corrected chi connectivity index (χ3v) is 1.51. The van der Waals surface area contributed by atoms with Crippen LogP contribution in [0.25, 0.3) is 0 Å². The summed E-state index contributed by atoms with van der Waals surface area (Å²) in [6, 6.07) is 0. The first-order chi connectivity index (χ1) is 6.90. The summed E-state index contributed by atoms with van der Waals surface area (Å²) in [5.41, 5.74) is 0. The fraction of sp³-hybridized carbons (Fsp3) is 0.875. The molecule has 0 bridgehead atoms. The average Bonchev–Trinajstić information content (AvgIpc) is 2.16. The van der Waals surface area contributed by atoms with Gasteiger partial charge in [0.25, 0.3) is 0 Å². The molecule has 0 atom stereocenters. The maximum Gasteiger partial charge on any atom is 0.330 e. The van der Waals surface area contributed by atoms with E-state index < -0.39 is 24.9 Å². The molecule has 0 heterocycles. The molecule has 0 N–H and O–H groups in total. The predicted octanol–water partition coefficient (Wildman–Crippen LogP) is 1.86. The van der Waals surface area contributed by atoms with Gasteiger partial charge in [0.15, 0.2) is 0 Å². The van der Waals surface area contributed by atoms with E-state index in [0.29, 0.717) is 0 Å². The minimum atomic E-state index is -4.13. The van der Waals surface area contributed by atoms with Crippen LogP contribution in [0, 0.1) is 0 Å². The van der Waals surface area contributed by atoms with Gasteiger partial charge in [0.05, 0.1) is 7.11 Å². The molecule has 7 heteroatoms. The molecule has 0 aromatic heterocycles.